The van der Waals surface area contributed by atoms with Gasteiger partial charge in [-0.1, -0.05) is 30.3 Å². The quantitative estimate of drug-likeness (QED) is 0.487. The van der Waals surface area contributed by atoms with Crippen LogP contribution in [0.2, 0.25) is 0 Å². The van der Waals surface area contributed by atoms with Gasteiger partial charge in [-0.25, -0.2) is 4.79 Å². The molecule has 0 spiro atoms. The minimum absolute atomic E-state index is 0.420. The summed E-state index contributed by atoms with van der Waals surface area (Å²) in [6.07, 6.45) is 3.05. The Morgan fingerprint density at radius 2 is 1.71 bits per heavy atom. The van der Waals surface area contributed by atoms with Gasteiger partial charge in [-0.05, 0) is 48.7 Å². The van der Waals surface area contributed by atoms with Crippen LogP contribution in [-0.2, 0) is 4.79 Å². The monoisotopic (exact) mass is 277 g/mol. The third-order valence-electron chi connectivity index (χ3n) is 3.06. The van der Waals surface area contributed by atoms with Crippen molar-refractivity contribution in [1.82, 2.24) is 0 Å². The van der Waals surface area contributed by atoms with Crippen LogP contribution in [0.25, 0.3) is 6.08 Å². The topological polar surface area (TPSA) is 50.1 Å². The predicted molar refractivity (Wildman–Crippen MR) is 81.7 cm³/mol. The van der Waals surface area contributed by atoms with Crippen molar-refractivity contribution >= 4 is 12.0 Å². The average Bonchev–Trinajstić information content (AvgIpc) is 2.49. The molecule has 3 heteroatoms. The van der Waals surface area contributed by atoms with Crippen molar-refractivity contribution in [3.63, 3.8) is 0 Å². The fourth-order valence-electron chi connectivity index (χ4n) is 1.93. The molecule has 0 amide bonds. The van der Waals surface area contributed by atoms with Crippen molar-refractivity contribution < 1.29 is 9.53 Å². The van der Waals surface area contributed by atoms with E-state index in [1.165, 1.54) is 6.08 Å². The first-order valence-corrected chi connectivity index (χ1v) is 6.56. The number of hydrogen-bond acceptors (Lipinski definition) is 3. The van der Waals surface area contributed by atoms with Gasteiger partial charge in [-0.15, -0.1) is 0 Å². The van der Waals surface area contributed by atoms with Crippen LogP contribution in [0.15, 0.2) is 48.5 Å². The summed E-state index contributed by atoms with van der Waals surface area (Å²) in [4.78, 5) is 11.9. The summed E-state index contributed by atoms with van der Waals surface area (Å²) in [6.45, 7) is 3.81. The third kappa shape index (κ3) is 3.80. The number of hydrogen-bond donors (Lipinski definition) is 0. The molecule has 0 N–H and O–H groups in total. The molecule has 0 unspecified atom stereocenters. The van der Waals surface area contributed by atoms with Crippen LogP contribution in [0, 0.1) is 25.2 Å². The molecular formula is C18H15NO2. The predicted octanol–water partition coefficient (Wildman–Crippen LogP) is 3.79. The van der Waals surface area contributed by atoms with Crippen LogP contribution in [0.3, 0.4) is 0 Å². The maximum absolute atomic E-state index is 11.9. The van der Waals surface area contributed by atoms with Gasteiger partial charge < -0.3 is 4.74 Å². The number of rotatable bonds is 3. The van der Waals surface area contributed by atoms with Gasteiger partial charge in [0.1, 0.15) is 5.75 Å². The molecule has 0 atom stereocenters. The van der Waals surface area contributed by atoms with Crippen molar-refractivity contribution in [2.45, 2.75) is 13.8 Å². The standard InChI is InChI=1S/C18H15NO2/c1-13-4-3-5-14(2)18(13)21-17(20)11-10-15-6-8-16(12-19)9-7-15/h3-11H,1-2H3/b11-10+. The molecule has 2 rings (SSSR count). The molecule has 0 saturated carbocycles. The van der Waals surface area contributed by atoms with Crippen LogP contribution >= 0.6 is 0 Å². The molecule has 21 heavy (non-hydrogen) atoms. The number of benzene rings is 2. The molecule has 0 aliphatic rings. The number of nitriles is 1. The zero-order valence-corrected chi connectivity index (χ0v) is 12.0. The molecule has 0 bridgehead atoms. The van der Waals surface area contributed by atoms with E-state index in [2.05, 4.69) is 0 Å². The van der Waals surface area contributed by atoms with Gasteiger partial charge in [0.2, 0.25) is 0 Å². The van der Waals surface area contributed by atoms with Crippen LogP contribution in [0.4, 0.5) is 0 Å². The van der Waals surface area contributed by atoms with E-state index in [1.807, 2.05) is 38.1 Å². The van der Waals surface area contributed by atoms with E-state index in [9.17, 15) is 4.79 Å². The first-order valence-electron chi connectivity index (χ1n) is 6.56. The summed E-state index contributed by atoms with van der Waals surface area (Å²) in [5.74, 6) is 0.184. The van der Waals surface area contributed by atoms with Crippen molar-refractivity contribution in [3.05, 3.63) is 70.8 Å². The van der Waals surface area contributed by atoms with Gasteiger partial charge in [-0.2, -0.15) is 5.26 Å². The second kappa shape index (κ2) is 6.53. The first-order chi connectivity index (χ1) is 10.1. The fraction of sp³-hybridized carbons (Fsp3) is 0.111. The van der Waals surface area contributed by atoms with E-state index < -0.39 is 5.97 Å². The zero-order valence-electron chi connectivity index (χ0n) is 12.0. The molecule has 0 aliphatic heterocycles. The van der Waals surface area contributed by atoms with Crippen molar-refractivity contribution in [2.24, 2.45) is 0 Å². The molecule has 2 aromatic carbocycles. The Hall–Kier alpha value is -2.86. The fourth-order valence-corrected chi connectivity index (χ4v) is 1.93. The lowest BCUT2D eigenvalue weighted by molar-refractivity contribution is -0.129. The van der Waals surface area contributed by atoms with Crippen molar-refractivity contribution in [1.29, 1.82) is 5.26 Å². The van der Waals surface area contributed by atoms with Crippen LogP contribution in [0.5, 0.6) is 5.75 Å². The van der Waals surface area contributed by atoms with E-state index in [1.54, 1.807) is 30.3 Å². The summed E-state index contributed by atoms with van der Waals surface area (Å²) >= 11 is 0. The summed E-state index contributed by atoms with van der Waals surface area (Å²) in [7, 11) is 0. The number of aryl methyl sites for hydroxylation is 2. The summed E-state index contributed by atoms with van der Waals surface area (Å²) < 4.78 is 5.36. The highest BCUT2D eigenvalue weighted by Crippen LogP contribution is 2.22. The lowest BCUT2D eigenvalue weighted by Crippen LogP contribution is -2.06. The Labute approximate surface area is 124 Å². The minimum atomic E-state index is -0.420. The minimum Gasteiger partial charge on any atom is -0.423 e. The second-order valence-electron chi connectivity index (χ2n) is 4.71. The number of carbonyl (C=O) groups excluding carboxylic acids is 1. The van der Waals surface area contributed by atoms with Crippen molar-refractivity contribution in [3.8, 4) is 11.8 Å². The van der Waals surface area contributed by atoms with Gasteiger partial charge in [0.15, 0.2) is 0 Å². The average molecular weight is 277 g/mol. The van der Waals surface area contributed by atoms with Gasteiger partial charge in [0.25, 0.3) is 0 Å². The summed E-state index contributed by atoms with van der Waals surface area (Å²) in [6, 6.07) is 14.7. The van der Waals surface area contributed by atoms with Gasteiger partial charge in [-0.3, -0.25) is 0 Å². The second-order valence-corrected chi connectivity index (χ2v) is 4.71. The number of nitrogens with zero attached hydrogens (tertiary/aromatic N) is 1. The lowest BCUT2D eigenvalue weighted by atomic mass is 10.1. The molecular weight excluding hydrogens is 262 g/mol. The summed E-state index contributed by atoms with van der Waals surface area (Å²) in [5.41, 5.74) is 3.28. The van der Waals surface area contributed by atoms with E-state index in [4.69, 9.17) is 10.00 Å². The Bertz CT molecular complexity index is 702. The molecule has 0 aliphatic carbocycles. The Morgan fingerprint density at radius 1 is 1.10 bits per heavy atom. The number of esters is 1. The molecule has 104 valence electrons. The SMILES string of the molecule is Cc1cccc(C)c1OC(=O)/C=C/c1ccc(C#N)cc1. The first kappa shape index (κ1) is 14.5. The van der Waals surface area contributed by atoms with Crippen LogP contribution < -0.4 is 4.74 Å². The molecule has 0 radical (unpaired) electrons. The highest BCUT2D eigenvalue weighted by Gasteiger charge is 2.06. The van der Waals surface area contributed by atoms with Crippen LogP contribution in [0.1, 0.15) is 22.3 Å². The Morgan fingerprint density at radius 3 is 2.29 bits per heavy atom. The highest BCUT2D eigenvalue weighted by atomic mass is 16.5. The van der Waals surface area contributed by atoms with Gasteiger partial charge >= 0.3 is 5.97 Å². The van der Waals surface area contributed by atoms with E-state index in [-0.39, 0.29) is 0 Å². The Balaban J connectivity index is 2.07. The lowest BCUT2D eigenvalue weighted by Gasteiger charge is -2.08. The number of para-hydroxylation sites is 1. The van der Waals surface area contributed by atoms with Crippen LogP contribution in [-0.4, -0.2) is 5.97 Å². The molecule has 2 aromatic rings. The molecule has 0 fully saturated rings. The van der Waals surface area contributed by atoms with Gasteiger partial charge in [0, 0.05) is 6.08 Å². The number of ether oxygens (including phenoxy) is 1. The molecule has 0 heterocycles. The van der Waals surface area contributed by atoms with E-state index in [0.717, 1.165) is 16.7 Å². The smallest absolute Gasteiger partial charge is 0.336 e. The summed E-state index contributed by atoms with van der Waals surface area (Å²) in [5, 5.41) is 8.72. The highest BCUT2D eigenvalue weighted by molar-refractivity contribution is 5.89. The van der Waals surface area contributed by atoms with Crippen molar-refractivity contribution in [2.75, 3.05) is 0 Å². The largest absolute Gasteiger partial charge is 0.423 e. The van der Waals surface area contributed by atoms with E-state index in [0.29, 0.717) is 11.3 Å². The zero-order chi connectivity index (χ0) is 15.2. The number of carbonyl (C=O) groups is 1. The maximum Gasteiger partial charge on any atom is 0.336 e. The molecule has 0 aromatic heterocycles. The van der Waals surface area contributed by atoms with Gasteiger partial charge in [0.05, 0.1) is 11.6 Å². The molecule has 0 saturated heterocycles. The molecule has 3 nitrogen and oxygen atoms in total. The Kier molecular flexibility index (Phi) is 4.53. The third-order valence-corrected chi connectivity index (χ3v) is 3.06. The normalized spacial score (nSPS) is 10.3. The maximum atomic E-state index is 11.9. The van der Waals surface area contributed by atoms with E-state index >= 15 is 0 Å².